The summed E-state index contributed by atoms with van der Waals surface area (Å²) in [6, 6.07) is 13.5. The summed E-state index contributed by atoms with van der Waals surface area (Å²) in [6.45, 7) is 1.98. The number of benzene rings is 2. The topological polar surface area (TPSA) is 66.5 Å². The van der Waals surface area contributed by atoms with Gasteiger partial charge in [-0.2, -0.15) is 0 Å². The fourth-order valence-corrected chi connectivity index (χ4v) is 8.11. The molecule has 1 saturated heterocycles. The molecule has 1 heterocycles. The Balaban J connectivity index is 1.50. The number of anilines is 2. The second-order valence-electron chi connectivity index (χ2n) is 8.61. The van der Waals surface area contributed by atoms with Crippen molar-refractivity contribution < 1.29 is 14.4 Å². The monoisotopic (exact) mass is 590 g/mol. The molecule has 1 N–H and O–H groups in total. The number of fused-ring (bicyclic) bond motifs is 5. The van der Waals surface area contributed by atoms with Crippen LogP contribution in [0.4, 0.5) is 11.4 Å². The molecular weight excluding hydrogens is 577 g/mol. The molecule has 0 spiro atoms. The maximum atomic E-state index is 13.6. The standard InChI is InChI=1S/C24H16Cl6N2O3/c1-2-11-6-3-4-9-14(11)31-19(33)12-7-5-8-13(10-12)32-20(34)15-16(21(32)35)23(28)18(26)17(25)22(15,27)24(23,29)30/h3-10,15-16H,2H2,1H3,(H,31,33)/t15-,16+,22-,23-/m1/s1. The van der Waals surface area contributed by atoms with E-state index < -0.39 is 43.6 Å². The van der Waals surface area contributed by atoms with Crippen molar-refractivity contribution in [2.75, 3.05) is 10.2 Å². The highest BCUT2D eigenvalue weighted by Gasteiger charge is 2.87. The highest BCUT2D eigenvalue weighted by molar-refractivity contribution is 6.67. The molecule has 3 amide bonds. The fourth-order valence-electron chi connectivity index (χ4n) is 5.18. The average molecular weight is 593 g/mol. The molecule has 1 aliphatic heterocycles. The quantitative estimate of drug-likeness (QED) is 0.328. The number of halogens is 6. The molecule has 2 aliphatic carbocycles. The molecular formula is C24H16Cl6N2O3. The first-order chi connectivity index (χ1) is 16.4. The molecule has 2 fully saturated rings. The van der Waals surface area contributed by atoms with Crippen LogP contribution in [0.2, 0.25) is 0 Å². The number of amides is 3. The maximum absolute atomic E-state index is 13.6. The third-order valence-electron chi connectivity index (χ3n) is 6.92. The fraction of sp³-hybridized carbons (Fsp3) is 0.292. The minimum atomic E-state index is -2.00. The normalized spacial score (nSPS) is 30.8. The summed E-state index contributed by atoms with van der Waals surface area (Å²) in [4.78, 5) is 37.2. The number of aryl methyl sites for hydroxylation is 1. The number of hydrogen-bond acceptors (Lipinski definition) is 3. The number of alkyl halides is 4. The summed E-state index contributed by atoms with van der Waals surface area (Å²) in [5.41, 5.74) is 2.06. The number of carbonyl (C=O) groups is 3. The molecule has 1 saturated carbocycles. The van der Waals surface area contributed by atoms with Crippen molar-refractivity contribution in [3.05, 3.63) is 69.7 Å². The minimum absolute atomic E-state index is 0.159. The van der Waals surface area contributed by atoms with E-state index in [1.807, 2.05) is 25.1 Å². The Labute approximate surface area is 231 Å². The first kappa shape index (κ1) is 25.2. The van der Waals surface area contributed by atoms with Gasteiger partial charge >= 0.3 is 0 Å². The molecule has 2 aromatic carbocycles. The number of nitrogens with zero attached hydrogens (tertiary/aromatic N) is 1. The Hall–Kier alpha value is -1.47. The summed E-state index contributed by atoms with van der Waals surface area (Å²) in [5, 5.41) is 2.55. The maximum Gasteiger partial charge on any atom is 0.255 e. The van der Waals surface area contributed by atoms with Crippen LogP contribution in [0.3, 0.4) is 0 Å². The van der Waals surface area contributed by atoms with Crippen LogP contribution in [-0.2, 0) is 16.0 Å². The Morgan fingerprint density at radius 1 is 0.914 bits per heavy atom. The molecule has 35 heavy (non-hydrogen) atoms. The summed E-state index contributed by atoms with van der Waals surface area (Å²) < 4.78 is -2.00. The predicted octanol–water partition coefficient (Wildman–Crippen LogP) is 6.45. The highest BCUT2D eigenvalue weighted by Crippen LogP contribution is 2.77. The van der Waals surface area contributed by atoms with E-state index in [2.05, 4.69) is 5.32 Å². The Bertz CT molecular complexity index is 1300. The van der Waals surface area contributed by atoms with E-state index >= 15 is 0 Å². The second kappa shape index (κ2) is 8.27. The Morgan fingerprint density at radius 2 is 1.49 bits per heavy atom. The van der Waals surface area contributed by atoms with Gasteiger partial charge in [0.1, 0.15) is 9.75 Å². The van der Waals surface area contributed by atoms with Gasteiger partial charge in [0.2, 0.25) is 11.8 Å². The van der Waals surface area contributed by atoms with Gasteiger partial charge in [-0.15, -0.1) is 23.2 Å². The second-order valence-corrected chi connectivity index (χ2v) is 11.9. The molecule has 5 nitrogen and oxygen atoms in total. The lowest BCUT2D eigenvalue weighted by Gasteiger charge is -2.34. The molecule has 182 valence electrons. The van der Waals surface area contributed by atoms with Crippen molar-refractivity contribution in [3.8, 4) is 0 Å². The van der Waals surface area contributed by atoms with Crippen LogP contribution in [0.25, 0.3) is 0 Å². The molecule has 0 radical (unpaired) electrons. The largest absolute Gasteiger partial charge is 0.322 e. The number of hydrogen-bond donors (Lipinski definition) is 1. The van der Waals surface area contributed by atoms with Gasteiger partial charge in [0.05, 0.1) is 27.6 Å². The van der Waals surface area contributed by atoms with Crippen molar-refractivity contribution in [2.24, 2.45) is 11.8 Å². The van der Waals surface area contributed by atoms with E-state index in [1.165, 1.54) is 12.1 Å². The zero-order valence-corrected chi connectivity index (χ0v) is 22.5. The first-order valence-electron chi connectivity index (χ1n) is 10.6. The smallest absolute Gasteiger partial charge is 0.255 e. The average Bonchev–Trinajstić information content (AvgIpc) is 3.23. The molecule has 4 atom stereocenters. The Kier molecular flexibility index (Phi) is 5.95. The van der Waals surface area contributed by atoms with Crippen LogP contribution >= 0.6 is 69.6 Å². The van der Waals surface area contributed by atoms with Gasteiger partial charge in [0.15, 0.2) is 4.33 Å². The van der Waals surface area contributed by atoms with Crippen LogP contribution in [0.5, 0.6) is 0 Å². The number of para-hydroxylation sites is 1. The lowest BCUT2D eigenvalue weighted by Crippen LogP contribution is -2.50. The summed E-state index contributed by atoms with van der Waals surface area (Å²) in [5.74, 6) is -4.25. The number of nitrogens with one attached hydrogen (secondary N) is 1. The van der Waals surface area contributed by atoms with Gasteiger partial charge in [0.25, 0.3) is 5.91 Å². The zero-order valence-electron chi connectivity index (χ0n) is 17.9. The van der Waals surface area contributed by atoms with E-state index in [0.717, 1.165) is 16.9 Å². The summed E-state index contributed by atoms with van der Waals surface area (Å²) in [7, 11) is 0. The zero-order chi connectivity index (χ0) is 25.5. The number of carbonyl (C=O) groups excluding carboxylic acids is 3. The molecule has 2 aromatic rings. The van der Waals surface area contributed by atoms with E-state index in [-0.39, 0.29) is 21.3 Å². The first-order valence-corrected chi connectivity index (χ1v) is 12.9. The van der Waals surface area contributed by atoms with E-state index in [4.69, 9.17) is 69.6 Å². The number of allylic oxidation sites excluding steroid dienone is 2. The minimum Gasteiger partial charge on any atom is -0.322 e. The van der Waals surface area contributed by atoms with Crippen molar-refractivity contribution >= 4 is 98.7 Å². The van der Waals surface area contributed by atoms with Crippen molar-refractivity contribution in [2.45, 2.75) is 27.4 Å². The van der Waals surface area contributed by atoms with Crippen LogP contribution in [0.15, 0.2) is 58.6 Å². The number of imide groups is 1. The van der Waals surface area contributed by atoms with Gasteiger partial charge in [-0.3, -0.25) is 14.4 Å². The molecule has 11 heteroatoms. The van der Waals surface area contributed by atoms with E-state index in [9.17, 15) is 14.4 Å². The SMILES string of the molecule is CCc1ccccc1NC(=O)c1cccc(N2C(=O)[C@@H]3[C@H](C2=O)[C@@]2(Cl)C(Cl)=C(Cl)[C@@]3(Cl)C2(Cl)Cl)c1. The van der Waals surface area contributed by atoms with Gasteiger partial charge < -0.3 is 5.32 Å². The van der Waals surface area contributed by atoms with Crippen molar-refractivity contribution in [3.63, 3.8) is 0 Å². The molecule has 0 unspecified atom stereocenters. The third-order valence-corrected chi connectivity index (χ3v) is 11.2. The highest BCUT2D eigenvalue weighted by atomic mass is 35.5. The molecule has 2 bridgehead atoms. The Morgan fingerprint density at radius 3 is 2.06 bits per heavy atom. The van der Waals surface area contributed by atoms with Gasteiger partial charge in [-0.25, -0.2) is 4.90 Å². The van der Waals surface area contributed by atoms with Gasteiger partial charge in [0, 0.05) is 11.3 Å². The van der Waals surface area contributed by atoms with Gasteiger partial charge in [-0.1, -0.05) is 77.6 Å². The molecule has 3 aliphatic rings. The van der Waals surface area contributed by atoms with Crippen LogP contribution < -0.4 is 10.2 Å². The lowest BCUT2D eigenvalue weighted by molar-refractivity contribution is -0.123. The van der Waals surface area contributed by atoms with Crippen molar-refractivity contribution in [1.29, 1.82) is 0 Å². The van der Waals surface area contributed by atoms with Crippen LogP contribution in [0.1, 0.15) is 22.8 Å². The predicted molar refractivity (Wildman–Crippen MR) is 140 cm³/mol. The van der Waals surface area contributed by atoms with Crippen LogP contribution in [-0.4, -0.2) is 31.8 Å². The summed E-state index contributed by atoms with van der Waals surface area (Å²) >= 11 is 39.2. The van der Waals surface area contributed by atoms with Crippen LogP contribution in [0, 0.1) is 11.8 Å². The summed E-state index contributed by atoms with van der Waals surface area (Å²) in [6.07, 6.45) is 0.734. The van der Waals surface area contributed by atoms with Crippen molar-refractivity contribution in [1.82, 2.24) is 0 Å². The number of rotatable bonds is 4. The van der Waals surface area contributed by atoms with E-state index in [1.54, 1.807) is 18.2 Å². The molecule has 5 rings (SSSR count). The van der Waals surface area contributed by atoms with E-state index in [0.29, 0.717) is 5.69 Å². The third kappa shape index (κ3) is 3.06. The molecule has 0 aromatic heterocycles. The van der Waals surface area contributed by atoms with Gasteiger partial charge in [-0.05, 0) is 36.2 Å². The lowest BCUT2D eigenvalue weighted by atomic mass is 9.84.